The van der Waals surface area contributed by atoms with Crippen LogP contribution >= 0.6 is 11.6 Å². The lowest BCUT2D eigenvalue weighted by Crippen LogP contribution is -2.40. The Labute approximate surface area is 153 Å². The third-order valence-corrected chi connectivity index (χ3v) is 4.57. The SMILES string of the molecule is CCN(CC)C(CNC(=O)Cn1ccccc1=O)c1ccccc1Cl. The van der Waals surface area contributed by atoms with Gasteiger partial charge in [0.1, 0.15) is 6.54 Å². The fourth-order valence-electron chi connectivity index (χ4n) is 2.86. The number of nitrogens with zero attached hydrogens (tertiary/aromatic N) is 2. The van der Waals surface area contributed by atoms with Crippen LogP contribution in [-0.2, 0) is 11.3 Å². The zero-order valence-electron chi connectivity index (χ0n) is 14.6. The highest BCUT2D eigenvalue weighted by Crippen LogP contribution is 2.26. The van der Waals surface area contributed by atoms with Crippen LogP contribution in [0.15, 0.2) is 53.5 Å². The van der Waals surface area contributed by atoms with E-state index < -0.39 is 0 Å². The second-order valence-electron chi connectivity index (χ2n) is 5.73. The van der Waals surface area contributed by atoms with E-state index in [0.29, 0.717) is 11.6 Å². The van der Waals surface area contributed by atoms with Gasteiger partial charge in [-0.1, -0.05) is 49.7 Å². The summed E-state index contributed by atoms with van der Waals surface area (Å²) in [7, 11) is 0. The lowest BCUT2D eigenvalue weighted by molar-refractivity contribution is -0.122. The standard InChI is InChI=1S/C19H24ClN3O2/c1-3-22(4-2)17(15-9-5-6-10-16(15)20)13-21-18(24)14-23-12-8-7-11-19(23)25/h5-12,17H,3-4,13-14H2,1-2H3,(H,21,24). The summed E-state index contributed by atoms with van der Waals surface area (Å²) in [6, 6.07) is 12.5. The summed E-state index contributed by atoms with van der Waals surface area (Å²) >= 11 is 6.36. The van der Waals surface area contributed by atoms with Crippen LogP contribution in [0.5, 0.6) is 0 Å². The number of amides is 1. The van der Waals surface area contributed by atoms with Gasteiger partial charge >= 0.3 is 0 Å². The van der Waals surface area contributed by atoms with E-state index in [9.17, 15) is 9.59 Å². The molecule has 0 saturated heterocycles. The molecule has 5 nitrogen and oxygen atoms in total. The predicted octanol–water partition coefficient (Wildman–Crippen LogP) is 2.70. The molecule has 0 fully saturated rings. The Hall–Kier alpha value is -2.11. The molecule has 1 atom stereocenters. The first-order valence-electron chi connectivity index (χ1n) is 8.47. The van der Waals surface area contributed by atoms with Gasteiger partial charge in [-0.2, -0.15) is 0 Å². The van der Waals surface area contributed by atoms with Crippen molar-refractivity contribution in [1.82, 2.24) is 14.8 Å². The first-order valence-corrected chi connectivity index (χ1v) is 8.85. The van der Waals surface area contributed by atoms with Gasteiger partial charge in [0, 0.05) is 23.8 Å². The predicted molar refractivity (Wildman–Crippen MR) is 101 cm³/mol. The Morgan fingerprint density at radius 2 is 1.84 bits per heavy atom. The van der Waals surface area contributed by atoms with Gasteiger partial charge in [-0.3, -0.25) is 14.5 Å². The molecule has 0 aliphatic carbocycles. The minimum atomic E-state index is -0.197. The molecule has 2 aromatic rings. The van der Waals surface area contributed by atoms with Crippen molar-refractivity contribution >= 4 is 17.5 Å². The number of pyridine rings is 1. The van der Waals surface area contributed by atoms with Crippen molar-refractivity contribution in [2.24, 2.45) is 0 Å². The summed E-state index contributed by atoms with van der Waals surface area (Å²) in [6.07, 6.45) is 1.61. The second-order valence-corrected chi connectivity index (χ2v) is 6.14. The van der Waals surface area contributed by atoms with Crippen molar-refractivity contribution in [2.45, 2.75) is 26.4 Å². The highest BCUT2D eigenvalue weighted by molar-refractivity contribution is 6.31. The minimum Gasteiger partial charge on any atom is -0.353 e. The van der Waals surface area contributed by atoms with Crippen molar-refractivity contribution in [3.05, 3.63) is 69.6 Å². The average Bonchev–Trinajstić information content (AvgIpc) is 2.61. The smallest absolute Gasteiger partial charge is 0.250 e. The number of rotatable bonds is 8. The molecule has 0 aliphatic heterocycles. The van der Waals surface area contributed by atoms with E-state index in [4.69, 9.17) is 11.6 Å². The summed E-state index contributed by atoms with van der Waals surface area (Å²) in [6.45, 7) is 6.30. The maximum Gasteiger partial charge on any atom is 0.250 e. The van der Waals surface area contributed by atoms with E-state index in [1.807, 2.05) is 24.3 Å². The highest BCUT2D eigenvalue weighted by atomic mass is 35.5. The van der Waals surface area contributed by atoms with Crippen molar-refractivity contribution in [1.29, 1.82) is 0 Å². The lowest BCUT2D eigenvalue weighted by atomic mass is 10.0. The molecular formula is C19H24ClN3O2. The molecule has 2 rings (SSSR count). The van der Waals surface area contributed by atoms with Crippen LogP contribution in [0, 0.1) is 0 Å². The molecule has 6 heteroatoms. The van der Waals surface area contributed by atoms with Gasteiger partial charge in [0.05, 0.1) is 6.04 Å². The van der Waals surface area contributed by atoms with E-state index in [2.05, 4.69) is 24.1 Å². The van der Waals surface area contributed by atoms with Crippen LogP contribution in [-0.4, -0.2) is 35.0 Å². The number of carbonyl (C=O) groups is 1. The largest absolute Gasteiger partial charge is 0.353 e. The zero-order chi connectivity index (χ0) is 18.2. The Balaban J connectivity index is 2.09. The molecule has 0 spiro atoms. The minimum absolute atomic E-state index is 0.00711. The number of hydrogen-bond donors (Lipinski definition) is 1. The molecule has 1 unspecified atom stereocenters. The second kappa shape index (κ2) is 9.39. The van der Waals surface area contributed by atoms with Crippen LogP contribution in [0.1, 0.15) is 25.5 Å². The Bertz CT molecular complexity index is 756. The van der Waals surface area contributed by atoms with Gasteiger partial charge in [0.25, 0.3) is 5.56 Å². The van der Waals surface area contributed by atoms with Crippen LogP contribution < -0.4 is 10.9 Å². The fourth-order valence-corrected chi connectivity index (χ4v) is 3.12. The maximum atomic E-state index is 12.3. The molecule has 134 valence electrons. The van der Waals surface area contributed by atoms with Crippen molar-refractivity contribution in [3.8, 4) is 0 Å². The van der Waals surface area contributed by atoms with Crippen molar-refractivity contribution in [3.63, 3.8) is 0 Å². The molecule has 1 heterocycles. The average molecular weight is 362 g/mol. The van der Waals surface area contributed by atoms with Gasteiger partial charge < -0.3 is 9.88 Å². The summed E-state index contributed by atoms with van der Waals surface area (Å²) in [4.78, 5) is 26.2. The third kappa shape index (κ3) is 5.18. The van der Waals surface area contributed by atoms with Crippen LogP contribution in [0.2, 0.25) is 5.02 Å². The molecule has 1 N–H and O–H groups in total. The number of halogens is 1. The van der Waals surface area contributed by atoms with Gasteiger partial charge in [-0.05, 0) is 30.8 Å². The Morgan fingerprint density at radius 1 is 1.16 bits per heavy atom. The molecule has 1 aromatic carbocycles. The maximum absolute atomic E-state index is 12.3. The first-order chi connectivity index (χ1) is 12.1. The molecular weight excluding hydrogens is 338 g/mol. The summed E-state index contributed by atoms with van der Waals surface area (Å²) in [5, 5.41) is 3.62. The van der Waals surface area contributed by atoms with E-state index in [1.165, 1.54) is 10.6 Å². The van der Waals surface area contributed by atoms with Crippen molar-refractivity contribution in [2.75, 3.05) is 19.6 Å². The van der Waals surface area contributed by atoms with Gasteiger partial charge in [-0.25, -0.2) is 0 Å². The molecule has 0 radical (unpaired) electrons. The van der Waals surface area contributed by atoms with Gasteiger partial charge in [-0.15, -0.1) is 0 Å². The lowest BCUT2D eigenvalue weighted by Gasteiger charge is -2.31. The molecule has 25 heavy (non-hydrogen) atoms. The van der Waals surface area contributed by atoms with Crippen LogP contribution in [0.4, 0.5) is 0 Å². The normalized spacial score (nSPS) is 12.2. The number of likely N-dealkylation sites (N-methyl/N-ethyl adjacent to an activating group) is 1. The zero-order valence-corrected chi connectivity index (χ0v) is 15.4. The molecule has 1 aromatic heterocycles. The molecule has 0 bridgehead atoms. The summed E-state index contributed by atoms with van der Waals surface area (Å²) < 4.78 is 1.39. The van der Waals surface area contributed by atoms with E-state index >= 15 is 0 Å². The van der Waals surface area contributed by atoms with E-state index in [1.54, 1.807) is 18.3 Å². The molecule has 0 aliphatic rings. The third-order valence-electron chi connectivity index (χ3n) is 4.22. The Morgan fingerprint density at radius 3 is 2.48 bits per heavy atom. The highest BCUT2D eigenvalue weighted by Gasteiger charge is 2.21. The number of aromatic nitrogens is 1. The van der Waals surface area contributed by atoms with Crippen LogP contribution in [0.3, 0.4) is 0 Å². The van der Waals surface area contributed by atoms with Crippen molar-refractivity contribution < 1.29 is 4.79 Å². The van der Waals surface area contributed by atoms with E-state index in [0.717, 1.165) is 18.7 Å². The quantitative estimate of drug-likeness (QED) is 0.786. The number of nitrogens with one attached hydrogen (secondary N) is 1. The number of hydrogen-bond acceptors (Lipinski definition) is 3. The van der Waals surface area contributed by atoms with Gasteiger partial charge in [0.2, 0.25) is 5.91 Å². The molecule has 0 saturated carbocycles. The Kier molecular flexibility index (Phi) is 7.22. The number of carbonyl (C=O) groups excluding carboxylic acids is 1. The van der Waals surface area contributed by atoms with Crippen LogP contribution in [0.25, 0.3) is 0 Å². The topological polar surface area (TPSA) is 54.3 Å². The summed E-state index contributed by atoms with van der Waals surface area (Å²) in [5.74, 6) is -0.197. The van der Waals surface area contributed by atoms with Gasteiger partial charge in [0.15, 0.2) is 0 Å². The fraction of sp³-hybridized carbons (Fsp3) is 0.368. The first kappa shape index (κ1) is 19.2. The summed E-state index contributed by atoms with van der Waals surface area (Å²) in [5.41, 5.74) is 0.800. The number of benzene rings is 1. The van der Waals surface area contributed by atoms with E-state index in [-0.39, 0.29) is 24.1 Å². The monoisotopic (exact) mass is 361 g/mol. The molecule has 1 amide bonds.